The lowest BCUT2D eigenvalue weighted by Crippen LogP contribution is -2.45. The Balaban J connectivity index is 1.95. The molecule has 2 heterocycles. The van der Waals surface area contributed by atoms with E-state index in [9.17, 15) is 8.42 Å². The van der Waals surface area contributed by atoms with Crippen molar-refractivity contribution in [2.75, 3.05) is 45.2 Å². The van der Waals surface area contributed by atoms with Gasteiger partial charge in [-0.3, -0.25) is 4.90 Å². The number of rotatable bonds is 6. The fourth-order valence-electron chi connectivity index (χ4n) is 2.13. The summed E-state index contributed by atoms with van der Waals surface area (Å²) in [6.45, 7) is 5.53. The number of nitrogens with one attached hydrogen (secondary N) is 2. The number of hydrogen-bond donors (Lipinski definition) is 2. The van der Waals surface area contributed by atoms with Gasteiger partial charge in [0.05, 0.1) is 25.6 Å². The summed E-state index contributed by atoms with van der Waals surface area (Å²) in [6, 6.07) is -0.197. The van der Waals surface area contributed by atoms with Gasteiger partial charge in [0.25, 0.3) is 0 Å². The first kappa shape index (κ1) is 16.1. The molecule has 0 radical (unpaired) electrons. The predicted octanol–water partition coefficient (Wildman–Crippen LogP) is -0.483. The zero-order chi connectivity index (χ0) is 15.3. The summed E-state index contributed by atoms with van der Waals surface area (Å²) in [6.07, 6.45) is 2.59. The van der Waals surface area contributed by atoms with E-state index in [0.29, 0.717) is 25.7 Å². The average Bonchev–Trinajstić information content (AvgIpc) is 2.47. The molecule has 0 bridgehead atoms. The lowest BCUT2D eigenvalue weighted by Gasteiger charge is -2.29. The van der Waals surface area contributed by atoms with Crippen LogP contribution >= 0.6 is 0 Å². The van der Waals surface area contributed by atoms with Gasteiger partial charge in [-0.1, -0.05) is 0 Å². The third kappa shape index (κ3) is 4.60. The number of hydrogen-bond acceptors (Lipinski definition) is 7. The Kier molecular flexibility index (Phi) is 5.45. The van der Waals surface area contributed by atoms with Crippen molar-refractivity contribution >= 4 is 16.0 Å². The average molecular weight is 315 g/mol. The fraction of sp³-hybridized carbons (Fsp3) is 0.667. The van der Waals surface area contributed by atoms with Crippen molar-refractivity contribution < 1.29 is 13.2 Å². The van der Waals surface area contributed by atoms with Gasteiger partial charge in [0.2, 0.25) is 16.0 Å². The van der Waals surface area contributed by atoms with Crippen LogP contribution in [0.1, 0.15) is 6.92 Å². The van der Waals surface area contributed by atoms with E-state index >= 15 is 0 Å². The molecule has 1 saturated heterocycles. The van der Waals surface area contributed by atoms with Crippen LogP contribution in [-0.4, -0.2) is 69.2 Å². The molecule has 8 nitrogen and oxygen atoms in total. The molecule has 0 amide bonds. The van der Waals surface area contributed by atoms with E-state index in [4.69, 9.17) is 4.74 Å². The Morgan fingerprint density at radius 2 is 1.95 bits per heavy atom. The molecule has 0 aliphatic carbocycles. The van der Waals surface area contributed by atoms with Gasteiger partial charge in [0.15, 0.2) is 0 Å². The summed E-state index contributed by atoms with van der Waals surface area (Å²) >= 11 is 0. The van der Waals surface area contributed by atoms with Crippen LogP contribution in [-0.2, 0) is 14.8 Å². The summed E-state index contributed by atoms with van der Waals surface area (Å²) in [7, 11) is -1.92. The highest BCUT2D eigenvalue weighted by Gasteiger charge is 2.21. The van der Waals surface area contributed by atoms with E-state index in [2.05, 4.69) is 24.9 Å². The van der Waals surface area contributed by atoms with Crippen LogP contribution in [0.2, 0.25) is 0 Å². The number of ether oxygens (including phenoxy) is 1. The standard InChI is InChI=1S/C12H21N5O3S/c1-10(9-17-3-5-20-6-4-17)16-21(18,19)11-7-14-12(13-2)15-8-11/h7-8,10,16H,3-6,9H2,1-2H3,(H,13,14,15). The molecule has 1 fully saturated rings. The van der Waals surface area contributed by atoms with Gasteiger partial charge in [-0.05, 0) is 6.92 Å². The zero-order valence-electron chi connectivity index (χ0n) is 12.2. The number of morpholine rings is 1. The largest absolute Gasteiger partial charge is 0.379 e. The van der Waals surface area contributed by atoms with Crippen LogP contribution in [0.4, 0.5) is 5.95 Å². The highest BCUT2D eigenvalue weighted by atomic mass is 32.2. The highest BCUT2D eigenvalue weighted by Crippen LogP contribution is 2.08. The molecule has 21 heavy (non-hydrogen) atoms. The van der Waals surface area contributed by atoms with Crippen molar-refractivity contribution in [1.82, 2.24) is 19.6 Å². The molecule has 0 aromatic carbocycles. The minimum absolute atomic E-state index is 0.0651. The first-order valence-electron chi connectivity index (χ1n) is 6.83. The van der Waals surface area contributed by atoms with Crippen molar-refractivity contribution in [1.29, 1.82) is 0 Å². The first-order valence-corrected chi connectivity index (χ1v) is 8.32. The number of aromatic nitrogens is 2. The van der Waals surface area contributed by atoms with E-state index in [1.54, 1.807) is 7.05 Å². The zero-order valence-corrected chi connectivity index (χ0v) is 13.1. The van der Waals surface area contributed by atoms with E-state index in [0.717, 1.165) is 13.1 Å². The maximum absolute atomic E-state index is 12.2. The molecular formula is C12H21N5O3S. The van der Waals surface area contributed by atoms with Gasteiger partial charge in [-0.15, -0.1) is 0 Å². The Bertz CT molecular complexity index is 543. The Morgan fingerprint density at radius 3 is 2.52 bits per heavy atom. The van der Waals surface area contributed by atoms with Crippen molar-refractivity contribution in [2.24, 2.45) is 0 Å². The number of anilines is 1. The van der Waals surface area contributed by atoms with E-state index in [-0.39, 0.29) is 10.9 Å². The molecule has 1 aromatic rings. The second-order valence-corrected chi connectivity index (χ2v) is 6.64. The Morgan fingerprint density at radius 1 is 1.33 bits per heavy atom. The predicted molar refractivity (Wildman–Crippen MR) is 78.6 cm³/mol. The van der Waals surface area contributed by atoms with Gasteiger partial charge in [0.1, 0.15) is 4.90 Å². The fourth-order valence-corrected chi connectivity index (χ4v) is 3.25. The summed E-state index contributed by atoms with van der Waals surface area (Å²) in [5.74, 6) is 0.385. The van der Waals surface area contributed by atoms with Crippen LogP contribution < -0.4 is 10.0 Å². The second kappa shape index (κ2) is 7.12. The van der Waals surface area contributed by atoms with Gasteiger partial charge in [0, 0.05) is 32.7 Å². The molecule has 118 valence electrons. The van der Waals surface area contributed by atoms with Crippen molar-refractivity contribution in [2.45, 2.75) is 17.9 Å². The van der Waals surface area contributed by atoms with Gasteiger partial charge in [-0.2, -0.15) is 0 Å². The van der Waals surface area contributed by atoms with Gasteiger partial charge < -0.3 is 10.1 Å². The molecule has 2 N–H and O–H groups in total. The van der Waals surface area contributed by atoms with Gasteiger partial charge >= 0.3 is 0 Å². The quantitative estimate of drug-likeness (QED) is 0.731. The third-order valence-corrected chi connectivity index (χ3v) is 4.70. The summed E-state index contributed by atoms with van der Waals surface area (Å²) in [5.41, 5.74) is 0. The molecule has 9 heteroatoms. The van der Waals surface area contributed by atoms with Crippen LogP contribution in [0.15, 0.2) is 17.3 Å². The third-order valence-electron chi connectivity index (χ3n) is 3.15. The van der Waals surface area contributed by atoms with E-state index in [1.165, 1.54) is 12.4 Å². The molecule has 1 atom stereocenters. The highest BCUT2D eigenvalue weighted by molar-refractivity contribution is 7.89. The van der Waals surface area contributed by atoms with Crippen LogP contribution in [0, 0.1) is 0 Å². The van der Waals surface area contributed by atoms with Crippen molar-refractivity contribution in [3.05, 3.63) is 12.4 Å². The smallest absolute Gasteiger partial charge is 0.243 e. The van der Waals surface area contributed by atoms with Crippen molar-refractivity contribution in [3.8, 4) is 0 Å². The van der Waals surface area contributed by atoms with Gasteiger partial charge in [-0.25, -0.2) is 23.1 Å². The lowest BCUT2D eigenvalue weighted by atomic mass is 10.3. The minimum Gasteiger partial charge on any atom is -0.379 e. The van der Waals surface area contributed by atoms with E-state index in [1.807, 2.05) is 6.92 Å². The normalized spacial score (nSPS) is 18.4. The summed E-state index contributed by atoms with van der Waals surface area (Å²) in [5, 5.41) is 2.74. The van der Waals surface area contributed by atoms with E-state index < -0.39 is 10.0 Å². The lowest BCUT2D eigenvalue weighted by molar-refractivity contribution is 0.0354. The SMILES string of the molecule is CNc1ncc(S(=O)(=O)NC(C)CN2CCOCC2)cn1. The maximum atomic E-state index is 12.2. The second-order valence-electron chi connectivity index (χ2n) is 4.93. The molecule has 1 aliphatic heterocycles. The molecule has 1 aromatic heterocycles. The van der Waals surface area contributed by atoms with Crippen LogP contribution in [0.5, 0.6) is 0 Å². The molecule has 0 saturated carbocycles. The van der Waals surface area contributed by atoms with Crippen molar-refractivity contribution in [3.63, 3.8) is 0 Å². The number of sulfonamides is 1. The first-order chi connectivity index (χ1) is 10.0. The Labute approximate surface area is 125 Å². The monoisotopic (exact) mass is 315 g/mol. The Hall–Kier alpha value is -1.29. The molecule has 1 aliphatic rings. The number of nitrogens with zero attached hydrogens (tertiary/aromatic N) is 3. The molecule has 0 spiro atoms. The maximum Gasteiger partial charge on any atom is 0.243 e. The molecular weight excluding hydrogens is 294 g/mol. The minimum atomic E-state index is -3.60. The topological polar surface area (TPSA) is 96.5 Å². The molecule has 1 unspecified atom stereocenters. The molecule has 2 rings (SSSR count). The van der Waals surface area contributed by atoms with Crippen LogP contribution in [0.3, 0.4) is 0 Å². The summed E-state index contributed by atoms with van der Waals surface area (Å²) < 4.78 is 32.4. The van der Waals surface area contributed by atoms with Crippen LogP contribution in [0.25, 0.3) is 0 Å². The summed E-state index contributed by atoms with van der Waals surface area (Å²) in [4.78, 5) is 10.1.